The number of carbonyl (C=O) groups is 1. The molecule has 1 heterocycles. The molecule has 0 aliphatic heterocycles. The molecule has 0 radical (unpaired) electrons. The first-order valence-electron chi connectivity index (χ1n) is 14.5. The smallest absolute Gasteiger partial charge is 0.312 e. The van der Waals surface area contributed by atoms with Crippen LogP contribution >= 0.6 is 0 Å². The van der Waals surface area contributed by atoms with Gasteiger partial charge < -0.3 is 9.47 Å². The fourth-order valence-corrected chi connectivity index (χ4v) is 9.76. The van der Waals surface area contributed by atoms with Crippen molar-refractivity contribution in [3.05, 3.63) is 42.2 Å². The highest BCUT2D eigenvalue weighted by Crippen LogP contribution is 2.74. The van der Waals surface area contributed by atoms with Crippen molar-refractivity contribution in [2.45, 2.75) is 98.2 Å². The van der Waals surface area contributed by atoms with Crippen molar-refractivity contribution in [3.63, 3.8) is 0 Å². The van der Waals surface area contributed by atoms with Gasteiger partial charge in [-0.05, 0) is 105 Å². The summed E-state index contributed by atoms with van der Waals surface area (Å²) in [4.78, 5) is 13.2. The maximum atomic E-state index is 13.2. The van der Waals surface area contributed by atoms with E-state index in [0.29, 0.717) is 30.5 Å². The number of aromatic nitrogens is 3. The Labute approximate surface area is 221 Å². The van der Waals surface area contributed by atoms with Crippen LogP contribution in [0, 0.1) is 33.5 Å². The third-order valence-corrected chi connectivity index (χ3v) is 11.3. The highest BCUT2D eigenvalue weighted by Gasteiger charge is 2.68. The normalized spacial score (nSPS) is 40.6. The monoisotopic (exact) mass is 505 g/mol. The standard InChI is InChI=1S/C31H43N3O3/c1-5-36-27(35)30(4)15-9-14-29(3)24(30)13-17-31-18-26(28(2,21-31)16-12-25(29)31)37-20-22-19-34(33-32-22)23-10-7-6-8-11-23/h6-8,10-11,19,24-26H,5,9,12-18,20-21H2,1-4H3/t24-,25-,26+,28-,29+,30+,31-/m0/s1. The molecule has 4 aliphatic rings. The second-order valence-electron chi connectivity index (χ2n) is 13.4. The van der Waals surface area contributed by atoms with Gasteiger partial charge in [0.25, 0.3) is 0 Å². The van der Waals surface area contributed by atoms with Crippen LogP contribution in [0.4, 0.5) is 0 Å². The molecule has 1 spiro atoms. The number of benzene rings is 1. The number of hydrogen-bond acceptors (Lipinski definition) is 5. The van der Waals surface area contributed by atoms with Gasteiger partial charge in [-0.15, -0.1) is 5.10 Å². The summed E-state index contributed by atoms with van der Waals surface area (Å²) in [5.74, 6) is 1.12. The minimum absolute atomic E-state index is 0.0405. The van der Waals surface area contributed by atoms with Crippen LogP contribution in [0.1, 0.15) is 91.2 Å². The second kappa shape index (κ2) is 8.93. The maximum Gasteiger partial charge on any atom is 0.312 e. The third-order valence-electron chi connectivity index (χ3n) is 11.3. The SMILES string of the molecule is CCOC(=O)[C@]1(C)CCC[C@@]2(C)[C@@H]3CC[C@@]4(C)C[C@]3(CC[C@@H]21)C[C@H]4OCc1cn(-c2ccccc2)nn1. The largest absolute Gasteiger partial charge is 0.466 e. The highest BCUT2D eigenvalue weighted by atomic mass is 16.5. The molecular weight excluding hydrogens is 462 g/mol. The third kappa shape index (κ3) is 3.88. The number of esters is 1. The van der Waals surface area contributed by atoms with E-state index in [1.165, 1.54) is 32.1 Å². The lowest BCUT2D eigenvalue weighted by molar-refractivity contribution is -0.187. The van der Waals surface area contributed by atoms with Crippen LogP contribution in [0.25, 0.3) is 5.69 Å². The van der Waals surface area contributed by atoms with Gasteiger partial charge >= 0.3 is 5.97 Å². The number of rotatable bonds is 6. The lowest BCUT2D eigenvalue weighted by atomic mass is 9.40. The summed E-state index contributed by atoms with van der Waals surface area (Å²) in [6.07, 6.45) is 12.8. The van der Waals surface area contributed by atoms with Crippen molar-refractivity contribution >= 4 is 5.97 Å². The van der Waals surface area contributed by atoms with Gasteiger partial charge in [-0.3, -0.25) is 4.79 Å². The summed E-state index contributed by atoms with van der Waals surface area (Å²) in [5, 5.41) is 8.72. The minimum Gasteiger partial charge on any atom is -0.466 e. The molecule has 6 heteroatoms. The van der Waals surface area contributed by atoms with Crippen molar-refractivity contribution in [3.8, 4) is 5.69 Å². The molecule has 6 nitrogen and oxygen atoms in total. The van der Waals surface area contributed by atoms with Gasteiger partial charge in [0, 0.05) is 0 Å². The molecule has 0 unspecified atom stereocenters. The Morgan fingerprint density at radius 2 is 1.84 bits per heavy atom. The van der Waals surface area contributed by atoms with Gasteiger partial charge in [-0.2, -0.15) is 0 Å². The highest BCUT2D eigenvalue weighted by molar-refractivity contribution is 5.77. The van der Waals surface area contributed by atoms with Crippen molar-refractivity contribution in [2.24, 2.45) is 33.5 Å². The van der Waals surface area contributed by atoms with Crippen LogP contribution in [0.15, 0.2) is 36.5 Å². The van der Waals surface area contributed by atoms with Crippen molar-refractivity contribution in [2.75, 3.05) is 6.61 Å². The summed E-state index contributed by atoms with van der Waals surface area (Å²) >= 11 is 0. The van der Waals surface area contributed by atoms with Crippen LogP contribution in [0.2, 0.25) is 0 Å². The Balaban J connectivity index is 1.19. The van der Waals surface area contributed by atoms with Crippen LogP contribution < -0.4 is 0 Å². The molecule has 1 aromatic heterocycles. The fraction of sp³-hybridized carbons (Fsp3) is 0.710. The quantitative estimate of drug-likeness (QED) is 0.418. The zero-order valence-corrected chi connectivity index (χ0v) is 23.0. The molecular formula is C31H43N3O3. The first kappa shape index (κ1) is 25.1. The van der Waals surface area contributed by atoms with E-state index in [2.05, 4.69) is 31.1 Å². The molecule has 2 bridgehead atoms. The first-order chi connectivity index (χ1) is 17.7. The molecule has 0 N–H and O–H groups in total. The Bertz CT molecular complexity index is 1150. The fourth-order valence-electron chi connectivity index (χ4n) is 9.76. The maximum absolute atomic E-state index is 13.2. The van der Waals surface area contributed by atoms with Crippen molar-refractivity contribution < 1.29 is 14.3 Å². The number of ether oxygens (including phenoxy) is 2. The lowest BCUT2D eigenvalue weighted by Gasteiger charge is -2.64. The van der Waals surface area contributed by atoms with E-state index < -0.39 is 0 Å². The predicted molar refractivity (Wildman–Crippen MR) is 142 cm³/mol. The topological polar surface area (TPSA) is 66.2 Å². The molecule has 6 rings (SSSR count). The zero-order valence-electron chi connectivity index (χ0n) is 23.0. The molecule has 4 fully saturated rings. The van der Waals surface area contributed by atoms with E-state index >= 15 is 0 Å². The molecule has 2 aromatic rings. The molecule has 0 saturated heterocycles. The van der Waals surface area contributed by atoms with E-state index in [-0.39, 0.29) is 28.3 Å². The van der Waals surface area contributed by atoms with E-state index in [0.717, 1.165) is 37.1 Å². The number of fused-ring (bicyclic) bond motifs is 3. The van der Waals surface area contributed by atoms with Gasteiger partial charge in [0.2, 0.25) is 0 Å². The number of carbonyl (C=O) groups excluding carboxylic acids is 1. The van der Waals surface area contributed by atoms with Gasteiger partial charge in [-0.1, -0.05) is 43.7 Å². The average Bonchev–Trinajstić information content (AvgIpc) is 3.43. The lowest BCUT2D eigenvalue weighted by Crippen LogP contribution is -2.58. The minimum atomic E-state index is -0.343. The van der Waals surface area contributed by atoms with E-state index in [4.69, 9.17) is 9.47 Å². The van der Waals surface area contributed by atoms with Crippen molar-refractivity contribution in [1.29, 1.82) is 0 Å². The van der Waals surface area contributed by atoms with Gasteiger partial charge in [0.05, 0.1) is 36.6 Å². The van der Waals surface area contributed by atoms with Crippen molar-refractivity contribution in [1.82, 2.24) is 15.0 Å². The summed E-state index contributed by atoms with van der Waals surface area (Å²) < 4.78 is 14.2. The molecule has 4 saturated carbocycles. The Morgan fingerprint density at radius 1 is 1.05 bits per heavy atom. The molecule has 37 heavy (non-hydrogen) atoms. The molecule has 0 amide bonds. The summed E-state index contributed by atoms with van der Waals surface area (Å²) in [7, 11) is 0. The van der Waals surface area contributed by atoms with Crippen LogP contribution in [0.3, 0.4) is 0 Å². The Hall–Kier alpha value is -2.21. The van der Waals surface area contributed by atoms with Gasteiger partial charge in [0.15, 0.2) is 0 Å². The summed E-state index contributed by atoms with van der Waals surface area (Å²) in [5.41, 5.74) is 2.30. The number of nitrogens with zero attached hydrogens (tertiary/aromatic N) is 3. The predicted octanol–water partition coefficient (Wildman–Crippen LogP) is 6.52. The molecule has 200 valence electrons. The van der Waals surface area contributed by atoms with Crippen LogP contribution in [0.5, 0.6) is 0 Å². The van der Waals surface area contributed by atoms with E-state index in [1.54, 1.807) is 0 Å². The molecule has 1 aromatic carbocycles. The van der Waals surface area contributed by atoms with E-state index in [1.807, 2.05) is 48.1 Å². The summed E-state index contributed by atoms with van der Waals surface area (Å²) in [6, 6.07) is 10.1. The number of hydrogen-bond donors (Lipinski definition) is 0. The van der Waals surface area contributed by atoms with Gasteiger partial charge in [0.1, 0.15) is 5.69 Å². The Morgan fingerprint density at radius 3 is 2.62 bits per heavy atom. The first-order valence-corrected chi connectivity index (χ1v) is 14.5. The molecule has 7 atom stereocenters. The summed E-state index contributed by atoms with van der Waals surface area (Å²) in [6.45, 7) is 10.1. The Kier molecular flexibility index (Phi) is 6.05. The zero-order chi connectivity index (χ0) is 25.9. The van der Waals surface area contributed by atoms with Gasteiger partial charge in [-0.25, -0.2) is 4.68 Å². The van der Waals surface area contributed by atoms with Crippen LogP contribution in [-0.2, 0) is 20.9 Å². The van der Waals surface area contributed by atoms with E-state index in [9.17, 15) is 4.79 Å². The number of para-hydroxylation sites is 1. The van der Waals surface area contributed by atoms with Crippen LogP contribution in [-0.4, -0.2) is 33.7 Å². The average molecular weight is 506 g/mol. The molecule has 4 aliphatic carbocycles. The second-order valence-corrected chi connectivity index (χ2v) is 13.4.